The molecule has 310 valence electrons. The fourth-order valence-electron chi connectivity index (χ4n) is 10.5. The van der Waals surface area contributed by atoms with Gasteiger partial charge < -0.3 is 9.80 Å². The van der Waals surface area contributed by atoms with Crippen molar-refractivity contribution in [2.24, 2.45) is 5.41 Å². The Morgan fingerprint density at radius 3 is 1.39 bits per heavy atom. The van der Waals surface area contributed by atoms with Crippen LogP contribution in [0.5, 0.6) is 0 Å². The molecule has 0 atom stereocenters. The van der Waals surface area contributed by atoms with Crippen molar-refractivity contribution in [2.45, 2.75) is 123 Å². The van der Waals surface area contributed by atoms with Gasteiger partial charge in [0.25, 0.3) is 0 Å². The van der Waals surface area contributed by atoms with Crippen LogP contribution in [-0.4, -0.2) is 0 Å². The summed E-state index contributed by atoms with van der Waals surface area (Å²) in [6.45, 7) is 13.7. The Hall–Kier alpha value is -5.56. The van der Waals surface area contributed by atoms with Crippen molar-refractivity contribution >= 4 is 50.0 Å². The molecule has 2 heteroatoms. The van der Waals surface area contributed by atoms with E-state index in [1.165, 1.54) is 125 Å². The van der Waals surface area contributed by atoms with E-state index in [4.69, 9.17) is 0 Å². The molecule has 0 aliphatic heterocycles. The highest BCUT2D eigenvalue weighted by atomic mass is 15.1. The van der Waals surface area contributed by atoms with Crippen LogP contribution < -0.4 is 9.80 Å². The van der Waals surface area contributed by atoms with Crippen LogP contribution in [0, 0.1) is 5.41 Å². The highest BCUT2D eigenvalue weighted by Crippen LogP contribution is 2.50. The number of anilines is 5. The normalized spacial score (nSPS) is 16.7. The summed E-state index contributed by atoms with van der Waals surface area (Å²) >= 11 is 0. The molecule has 0 heterocycles. The maximum atomic E-state index is 3.59. The standard InChI is InChI=1S/C59H64N2/c1-58(2,3)44-24-19-29-48(33-30-44)60(46-25-15-9-16-26-46)50-36-38-52-54(40-50)56(42-20-11-7-12-21-42)53-39-37-51(41-55(53)57(52)43-22-13-8-14-23-43)61(47-27-17-10-18-28-47)49-34-31-45(32-35-49)59(4,5)6/h9-10,15-19,25-43H,7-8,11-14,20-23H2,1-6H3. The predicted molar refractivity (Wildman–Crippen MR) is 263 cm³/mol. The van der Waals surface area contributed by atoms with E-state index >= 15 is 0 Å². The molecule has 6 aromatic rings. The van der Waals surface area contributed by atoms with E-state index in [0.717, 1.165) is 5.70 Å². The van der Waals surface area contributed by atoms with Crippen LogP contribution in [0.3, 0.4) is 0 Å². The molecule has 9 rings (SSSR count). The van der Waals surface area contributed by atoms with Gasteiger partial charge in [-0.25, -0.2) is 0 Å². The Morgan fingerprint density at radius 2 is 0.902 bits per heavy atom. The van der Waals surface area contributed by atoms with Crippen molar-refractivity contribution in [2.75, 3.05) is 9.80 Å². The van der Waals surface area contributed by atoms with Gasteiger partial charge in [0.2, 0.25) is 0 Å². The number of hydrogen-bond donors (Lipinski definition) is 0. The second-order valence-corrected chi connectivity index (χ2v) is 20.0. The molecule has 3 aliphatic carbocycles. The highest BCUT2D eigenvalue weighted by Gasteiger charge is 2.29. The van der Waals surface area contributed by atoms with Crippen molar-refractivity contribution in [3.63, 3.8) is 0 Å². The number of hydrogen-bond acceptors (Lipinski definition) is 2. The lowest BCUT2D eigenvalue weighted by atomic mass is 9.74. The van der Waals surface area contributed by atoms with E-state index in [-0.39, 0.29) is 10.8 Å². The summed E-state index contributed by atoms with van der Waals surface area (Å²) in [5, 5.41) is 5.82. The summed E-state index contributed by atoms with van der Waals surface area (Å²) in [5.74, 6) is 1.06. The third-order valence-electron chi connectivity index (χ3n) is 13.7. The number of rotatable bonds is 8. The number of nitrogens with zero attached hydrogens (tertiary/aromatic N) is 2. The van der Waals surface area contributed by atoms with E-state index < -0.39 is 0 Å². The monoisotopic (exact) mass is 801 g/mol. The van der Waals surface area contributed by atoms with Gasteiger partial charge >= 0.3 is 0 Å². The van der Waals surface area contributed by atoms with Gasteiger partial charge in [-0.1, -0.05) is 141 Å². The lowest BCUT2D eigenvalue weighted by Crippen LogP contribution is -2.16. The van der Waals surface area contributed by atoms with Gasteiger partial charge in [0.1, 0.15) is 0 Å². The van der Waals surface area contributed by atoms with E-state index in [9.17, 15) is 0 Å². The Kier molecular flexibility index (Phi) is 11.4. The minimum Gasteiger partial charge on any atom is -0.310 e. The summed E-state index contributed by atoms with van der Waals surface area (Å²) in [6.07, 6.45) is 21.8. The minimum atomic E-state index is 0.0111. The fraction of sp³-hybridized carbons (Fsp3) is 0.339. The first-order valence-corrected chi connectivity index (χ1v) is 23.2. The molecule has 0 unspecified atom stereocenters. The molecule has 0 radical (unpaired) electrons. The summed E-state index contributed by atoms with van der Waals surface area (Å²) in [6, 6.07) is 46.2. The molecule has 0 bridgehead atoms. The molecule has 0 N–H and O–H groups in total. The second-order valence-electron chi connectivity index (χ2n) is 20.0. The highest BCUT2D eigenvalue weighted by molar-refractivity contribution is 6.09. The number of allylic oxidation sites excluding steroid dienone is 4. The third kappa shape index (κ3) is 8.41. The second kappa shape index (κ2) is 17.1. The van der Waals surface area contributed by atoms with Crippen LogP contribution in [-0.2, 0) is 5.41 Å². The smallest absolute Gasteiger partial charge is 0.0468 e. The maximum absolute atomic E-state index is 3.59. The van der Waals surface area contributed by atoms with Crippen LogP contribution in [0.25, 0.3) is 21.5 Å². The number of benzene rings is 6. The summed E-state index contributed by atoms with van der Waals surface area (Å²) in [4.78, 5) is 4.94. The van der Waals surface area contributed by atoms with Gasteiger partial charge in [0.05, 0.1) is 0 Å². The molecule has 2 saturated carbocycles. The predicted octanol–water partition coefficient (Wildman–Crippen LogP) is 17.6. The molecule has 61 heavy (non-hydrogen) atoms. The van der Waals surface area contributed by atoms with E-state index in [0.29, 0.717) is 11.8 Å². The Bertz CT molecular complexity index is 2630. The van der Waals surface area contributed by atoms with Crippen LogP contribution >= 0.6 is 0 Å². The first kappa shape index (κ1) is 40.8. The zero-order valence-corrected chi connectivity index (χ0v) is 37.5. The van der Waals surface area contributed by atoms with E-state index in [2.05, 4.69) is 203 Å². The Labute approximate surface area is 366 Å². The third-order valence-corrected chi connectivity index (χ3v) is 13.7. The van der Waals surface area contributed by atoms with Crippen molar-refractivity contribution in [1.82, 2.24) is 0 Å². The van der Waals surface area contributed by atoms with Gasteiger partial charge in [-0.05, 0) is 177 Å². The van der Waals surface area contributed by atoms with Crippen molar-refractivity contribution in [3.05, 3.63) is 179 Å². The molecule has 0 spiro atoms. The molecule has 0 aromatic heterocycles. The van der Waals surface area contributed by atoms with Crippen LogP contribution in [0.15, 0.2) is 163 Å². The summed E-state index contributed by atoms with van der Waals surface area (Å²) in [5.41, 5.74) is 16.5. The SMILES string of the molecule is CC(C)(C)C1=C=CC=C(N(c2ccccc2)c2ccc3c(C4CCCCC4)c4cc(N(c5ccccc5)c5ccc(C(C)(C)C)cc5)ccc4c(C4CCCCC4)c3c2)C=C1. The van der Waals surface area contributed by atoms with E-state index in [1.54, 1.807) is 11.1 Å². The van der Waals surface area contributed by atoms with Crippen molar-refractivity contribution in [3.8, 4) is 0 Å². The summed E-state index contributed by atoms with van der Waals surface area (Å²) < 4.78 is 0. The van der Waals surface area contributed by atoms with Crippen LogP contribution in [0.2, 0.25) is 0 Å². The Morgan fingerprint density at radius 1 is 0.443 bits per heavy atom. The van der Waals surface area contributed by atoms with Gasteiger partial charge in [-0.15, -0.1) is 5.73 Å². The average Bonchev–Trinajstić information content (AvgIpc) is 3.54. The van der Waals surface area contributed by atoms with Crippen LogP contribution in [0.4, 0.5) is 28.4 Å². The van der Waals surface area contributed by atoms with Gasteiger partial charge in [-0.2, -0.15) is 0 Å². The lowest BCUT2D eigenvalue weighted by molar-refractivity contribution is 0.445. The molecular formula is C59H64N2. The van der Waals surface area contributed by atoms with Gasteiger partial charge in [0, 0.05) is 34.1 Å². The average molecular weight is 801 g/mol. The van der Waals surface area contributed by atoms with Crippen molar-refractivity contribution < 1.29 is 0 Å². The quantitative estimate of drug-likeness (QED) is 0.112. The van der Waals surface area contributed by atoms with E-state index in [1.807, 2.05) is 0 Å². The minimum absolute atomic E-state index is 0.0111. The topological polar surface area (TPSA) is 6.48 Å². The summed E-state index contributed by atoms with van der Waals surface area (Å²) in [7, 11) is 0. The molecule has 2 fully saturated rings. The van der Waals surface area contributed by atoms with Gasteiger partial charge in [0.15, 0.2) is 0 Å². The molecule has 6 aromatic carbocycles. The van der Waals surface area contributed by atoms with Crippen molar-refractivity contribution in [1.29, 1.82) is 0 Å². The molecule has 2 nitrogen and oxygen atoms in total. The fourth-order valence-corrected chi connectivity index (χ4v) is 10.5. The Balaban J connectivity index is 1.28. The van der Waals surface area contributed by atoms with Gasteiger partial charge in [-0.3, -0.25) is 0 Å². The molecular weight excluding hydrogens is 737 g/mol. The zero-order chi connectivity index (χ0) is 42.1. The molecule has 3 aliphatic rings. The lowest BCUT2D eigenvalue weighted by Gasteiger charge is -2.32. The maximum Gasteiger partial charge on any atom is 0.0468 e. The molecule has 0 amide bonds. The van der Waals surface area contributed by atoms with Crippen LogP contribution in [0.1, 0.15) is 134 Å². The first-order chi connectivity index (χ1) is 29.5. The zero-order valence-electron chi connectivity index (χ0n) is 37.5. The molecule has 0 saturated heterocycles. The largest absolute Gasteiger partial charge is 0.310 e. The number of para-hydroxylation sites is 2. The number of fused-ring (bicyclic) bond motifs is 2. The first-order valence-electron chi connectivity index (χ1n) is 23.2.